The van der Waals surface area contributed by atoms with Crippen LogP contribution < -0.4 is 10.6 Å². The highest BCUT2D eigenvalue weighted by atomic mass is 16.7. The van der Waals surface area contributed by atoms with E-state index >= 15 is 0 Å². The van der Waals surface area contributed by atoms with Gasteiger partial charge in [0.15, 0.2) is 6.29 Å². The van der Waals surface area contributed by atoms with Crippen molar-refractivity contribution in [2.24, 2.45) is 0 Å². The van der Waals surface area contributed by atoms with Gasteiger partial charge in [-0.15, -0.1) is 0 Å². The maximum atomic E-state index is 13.1. The molecular weight excluding hydrogens is 658 g/mol. The van der Waals surface area contributed by atoms with E-state index in [1.54, 1.807) is 0 Å². The van der Waals surface area contributed by atoms with Crippen molar-refractivity contribution in [3.05, 3.63) is 95.1 Å². The zero-order valence-corrected chi connectivity index (χ0v) is 31.1. The molecule has 0 saturated carbocycles. The number of nitrogens with zero attached hydrogens (tertiary/aromatic N) is 1. The Balaban J connectivity index is 1.26. The van der Waals surface area contributed by atoms with Crippen LogP contribution in [0.5, 0.6) is 0 Å². The topological polar surface area (TPSA) is 126 Å². The summed E-state index contributed by atoms with van der Waals surface area (Å²) in [6.45, 7) is 9.63. The second-order valence-corrected chi connectivity index (χ2v) is 14.9. The van der Waals surface area contributed by atoms with E-state index in [-0.39, 0.29) is 42.6 Å². The van der Waals surface area contributed by atoms with E-state index in [1.807, 2.05) is 75.4 Å². The third-order valence-electron chi connectivity index (χ3n) is 9.54. The third kappa shape index (κ3) is 11.5. The van der Waals surface area contributed by atoms with Crippen molar-refractivity contribution < 1.29 is 33.7 Å². The summed E-state index contributed by atoms with van der Waals surface area (Å²) in [5.41, 5.74) is 5.28. The molecule has 3 N–H and O–H groups in total. The predicted molar refractivity (Wildman–Crippen MR) is 200 cm³/mol. The highest BCUT2D eigenvalue weighted by molar-refractivity contribution is 5.77. The van der Waals surface area contributed by atoms with Gasteiger partial charge in [-0.3, -0.25) is 19.3 Å². The molecule has 280 valence electrons. The maximum absolute atomic E-state index is 13.1. The number of esters is 1. The number of carbonyl (C=O) groups is 3. The molecule has 2 amide bonds. The second kappa shape index (κ2) is 18.6. The Kier molecular flexibility index (Phi) is 14.0. The van der Waals surface area contributed by atoms with Gasteiger partial charge in [-0.2, -0.15) is 0 Å². The van der Waals surface area contributed by atoms with Crippen molar-refractivity contribution in [3.63, 3.8) is 0 Å². The summed E-state index contributed by atoms with van der Waals surface area (Å²) in [7, 11) is 0. The largest absolute Gasteiger partial charge is 0.459 e. The molecule has 4 atom stereocenters. The zero-order valence-electron chi connectivity index (χ0n) is 31.1. The van der Waals surface area contributed by atoms with Gasteiger partial charge in [0.05, 0.1) is 18.8 Å². The van der Waals surface area contributed by atoms with Crippen molar-refractivity contribution in [3.8, 4) is 11.1 Å². The predicted octanol–water partition coefficient (Wildman–Crippen LogP) is 6.51. The van der Waals surface area contributed by atoms with Crippen molar-refractivity contribution >= 4 is 17.8 Å². The highest BCUT2D eigenvalue weighted by Crippen LogP contribution is 2.39. The smallest absolute Gasteiger partial charge is 0.323 e. The molecule has 52 heavy (non-hydrogen) atoms. The number of aliphatic hydroxyl groups is 1. The number of hydrogen-bond donors (Lipinski definition) is 3. The van der Waals surface area contributed by atoms with Gasteiger partial charge in [-0.05, 0) is 80.8 Å². The molecule has 10 nitrogen and oxygen atoms in total. The molecule has 2 heterocycles. The van der Waals surface area contributed by atoms with Gasteiger partial charge in [-0.25, -0.2) is 0 Å². The molecule has 2 fully saturated rings. The summed E-state index contributed by atoms with van der Waals surface area (Å²) in [6.07, 6.45) is 4.24. The van der Waals surface area contributed by atoms with Gasteiger partial charge in [0.25, 0.3) is 0 Å². The standard InChI is InChI=1S/C42H55N3O7/c1-29(47)43-23-9-5-6-14-39(48)44-26-34-11-7-8-12-36(34)31-19-21-33(22-20-31)41-50-35(25-38(51-41)32-17-15-30(28-46)16-18-32)27-45-24-10-13-37(45)40(49)52-42(2,3)4/h7-8,11-12,15-22,35,37-38,41,46H,5-6,9-10,13-14,23-28H2,1-4H3,(H,43,47)(H,44,48)/t35-,37-,38+,41+/m0/s1. The average molecular weight is 714 g/mol. The summed E-state index contributed by atoms with van der Waals surface area (Å²) in [5.74, 6) is -0.206. The second-order valence-electron chi connectivity index (χ2n) is 14.9. The van der Waals surface area contributed by atoms with E-state index in [4.69, 9.17) is 14.2 Å². The van der Waals surface area contributed by atoms with E-state index in [2.05, 4.69) is 33.7 Å². The molecule has 2 saturated heterocycles. The van der Waals surface area contributed by atoms with Crippen LogP contribution in [0.4, 0.5) is 0 Å². The third-order valence-corrected chi connectivity index (χ3v) is 9.54. The lowest BCUT2D eigenvalue weighted by molar-refractivity contribution is -0.253. The van der Waals surface area contributed by atoms with Gasteiger partial charge in [0, 0.05) is 45.0 Å². The molecule has 0 unspecified atom stereocenters. The Bertz CT molecular complexity index is 1620. The lowest BCUT2D eigenvalue weighted by Gasteiger charge is -2.38. The molecule has 0 aliphatic carbocycles. The molecule has 0 radical (unpaired) electrons. The van der Waals surface area contributed by atoms with Crippen molar-refractivity contribution in [2.75, 3.05) is 19.6 Å². The molecule has 3 aromatic rings. The normalized spacial score (nSPS) is 20.7. The van der Waals surface area contributed by atoms with Gasteiger partial charge in [0.2, 0.25) is 11.8 Å². The summed E-state index contributed by atoms with van der Waals surface area (Å²) in [6, 6.07) is 23.8. The van der Waals surface area contributed by atoms with Crippen LogP contribution in [-0.4, -0.2) is 65.2 Å². The Morgan fingerprint density at radius 3 is 2.35 bits per heavy atom. The molecule has 0 aromatic heterocycles. The molecule has 0 spiro atoms. The number of ether oxygens (including phenoxy) is 3. The maximum Gasteiger partial charge on any atom is 0.323 e. The fourth-order valence-corrected chi connectivity index (χ4v) is 6.89. The van der Waals surface area contributed by atoms with Crippen LogP contribution in [0, 0.1) is 0 Å². The number of unbranched alkanes of at least 4 members (excludes halogenated alkanes) is 2. The van der Waals surface area contributed by atoms with Gasteiger partial charge < -0.3 is 30.0 Å². The van der Waals surface area contributed by atoms with Crippen LogP contribution in [0.2, 0.25) is 0 Å². The van der Waals surface area contributed by atoms with E-state index in [9.17, 15) is 19.5 Å². The van der Waals surface area contributed by atoms with Crippen molar-refractivity contribution in [1.82, 2.24) is 15.5 Å². The summed E-state index contributed by atoms with van der Waals surface area (Å²) < 4.78 is 19.0. The minimum absolute atomic E-state index is 0.0118. The van der Waals surface area contributed by atoms with Crippen molar-refractivity contribution in [1.29, 1.82) is 0 Å². The summed E-state index contributed by atoms with van der Waals surface area (Å²) in [5, 5.41) is 15.4. The average Bonchev–Trinajstić information content (AvgIpc) is 3.60. The van der Waals surface area contributed by atoms with Crippen LogP contribution in [-0.2, 0) is 41.7 Å². The van der Waals surface area contributed by atoms with E-state index < -0.39 is 11.9 Å². The Morgan fingerprint density at radius 2 is 1.63 bits per heavy atom. The van der Waals surface area contributed by atoms with Gasteiger partial charge >= 0.3 is 5.97 Å². The van der Waals surface area contributed by atoms with Crippen LogP contribution >= 0.6 is 0 Å². The van der Waals surface area contributed by atoms with Crippen molar-refractivity contribution in [2.45, 2.75) is 116 Å². The molecule has 0 bridgehead atoms. The molecule has 5 rings (SSSR count). The van der Waals surface area contributed by atoms with Crippen LogP contribution in [0.25, 0.3) is 11.1 Å². The van der Waals surface area contributed by atoms with Crippen LogP contribution in [0.3, 0.4) is 0 Å². The highest BCUT2D eigenvalue weighted by Gasteiger charge is 2.39. The SMILES string of the molecule is CC(=O)NCCCCCC(=O)NCc1ccccc1-c1ccc([C@@H]2O[C@H](CN3CCC[C@H]3C(=O)OC(C)(C)C)C[C@H](c3ccc(CO)cc3)O2)cc1. The summed E-state index contributed by atoms with van der Waals surface area (Å²) >= 11 is 0. The minimum atomic E-state index is -0.620. The monoisotopic (exact) mass is 713 g/mol. The van der Waals surface area contributed by atoms with Gasteiger partial charge in [-0.1, -0.05) is 79.2 Å². The number of aliphatic hydroxyl groups excluding tert-OH is 1. The quantitative estimate of drug-likeness (QED) is 0.120. The van der Waals surface area contributed by atoms with Gasteiger partial charge in [0.1, 0.15) is 11.6 Å². The Morgan fingerprint density at radius 1 is 0.904 bits per heavy atom. The fraction of sp³-hybridized carbons (Fsp3) is 0.500. The zero-order chi connectivity index (χ0) is 37.1. The number of likely N-dealkylation sites (tertiary alicyclic amines) is 1. The van der Waals surface area contributed by atoms with Crippen LogP contribution in [0.15, 0.2) is 72.8 Å². The number of rotatable bonds is 15. The first-order valence-corrected chi connectivity index (χ1v) is 18.7. The first kappa shape index (κ1) is 39.1. The molecule has 3 aromatic carbocycles. The first-order chi connectivity index (χ1) is 25.0. The summed E-state index contributed by atoms with van der Waals surface area (Å²) in [4.78, 5) is 38.9. The number of amides is 2. The lowest BCUT2D eigenvalue weighted by Crippen LogP contribution is -2.45. The number of hydrogen-bond acceptors (Lipinski definition) is 8. The first-order valence-electron chi connectivity index (χ1n) is 18.7. The molecule has 2 aliphatic heterocycles. The molecule has 10 heteroatoms. The van der Waals surface area contributed by atoms with E-state index in [0.717, 1.165) is 72.0 Å². The molecule has 2 aliphatic rings. The number of benzene rings is 3. The number of nitrogens with one attached hydrogen (secondary N) is 2. The van der Waals surface area contributed by atoms with E-state index in [0.29, 0.717) is 32.5 Å². The lowest BCUT2D eigenvalue weighted by atomic mass is 9.97. The van der Waals surface area contributed by atoms with Crippen LogP contribution in [0.1, 0.15) is 107 Å². The Hall–Kier alpha value is -4.09. The number of carbonyl (C=O) groups excluding carboxylic acids is 3. The van der Waals surface area contributed by atoms with E-state index in [1.165, 1.54) is 6.92 Å². The Labute approximate surface area is 308 Å². The fourth-order valence-electron chi connectivity index (χ4n) is 6.89. The molecular formula is C42H55N3O7. The minimum Gasteiger partial charge on any atom is -0.459 e.